The van der Waals surface area contributed by atoms with E-state index in [4.69, 9.17) is 4.74 Å². The van der Waals surface area contributed by atoms with Crippen molar-refractivity contribution in [2.45, 2.75) is 95.7 Å². The molecule has 1 atom stereocenters. The minimum absolute atomic E-state index is 0.0580. The van der Waals surface area contributed by atoms with E-state index in [-0.39, 0.29) is 73.1 Å². The quantitative estimate of drug-likeness (QED) is 0.0418. The lowest BCUT2D eigenvalue weighted by molar-refractivity contribution is -0.138. The zero-order chi connectivity index (χ0) is 49.5. The van der Waals surface area contributed by atoms with Crippen molar-refractivity contribution in [3.05, 3.63) is 93.0 Å². The molecule has 368 valence electrons. The lowest BCUT2D eigenvalue weighted by atomic mass is 9.96. The molecular weight excluding hydrogens is 919 g/mol. The number of aromatic nitrogens is 2. The molecule has 8 amide bonds. The number of H-pyrrole nitrogens is 1. The number of carbonyl (C=O) groups excluding carboxylic acids is 8. The van der Waals surface area contributed by atoms with Gasteiger partial charge in [-0.3, -0.25) is 53.4 Å². The minimum atomic E-state index is -0.674. The van der Waals surface area contributed by atoms with Crippen LogP contribution in [0.25, 0.3) is 22.0 Å². The van der Waals surface area contributed by atoms with Gasteiger partial charge in [-0.1, -0.05) is 36.9 Å². The van der Waals surface area contributed by atoms with Crippen LogP contribution in [0.3, 0.4) is 0 Å². The lowest BCUT2D eigenvalue weighted by Crippen LogP contribution is -2.52. The highest BCUT2D eigenvalue weighted by molar-refractivity contribution is 7.99. The molecule has 2 fully saturated rings. The van der Waals surface area contributed by atoms with Gasteiger partial charge in [-0.2, -0.15) is 0 Å². The van der Waals surface area contributed by atoms with Crippen LogP contribution in [-0.4, -0.2) is 111 Å². The molecule has 0 spiro atoms. The predicted octanol–water partition coefficient (Wildman–Crippen LogP) is 4.00. The van der Waals surface area contributed by atoms with Gasteiger partial charge in [-0.05, 0) is 86.8 Å². The molecule has 2 aromatic carbocycles. The van der Waals surface area contributed by atoms with E-state index >= 15 is 0 Å². The van der Waals surface area contributed by atoms with E-state index in [2.05, 4.69) is 31.0 Å². The number of nitrogens with one attached hydrogen (secondary N) is 6. The van der Waals surface area contributed by atoms with Gasteiger partial charge in [0.05, 0.1) is 17.4 Å². The number of hydrogen-bond donors (Lipinski definition) is 6. The van der Waals surface area contributed by atoms with Crippen LogP contribution < -0.4 is 36.3 Å². The topological polar surface area (TPSA) is 250 Å². The number of hydrogen-bond acceptors (Lipinski definition) is 12. The van der Waals surface area contributed by atoms with Gasteiger partial charge in [0, 0.05) is 99.3 Å². The number of pyridine rings is 1. The third-order valence-electron chi connectivity index (χ3n) is 13.2. The van der Waals surface area contributed by atoms with Crippen LogP contribution in [0.1, 0.15) is 113 Å². The number of carbonyl (C=O) groups is 8. The Labute approximate surface area is 408 Å². The maximum Gasteiger partial charge on any atom is 0.274 e. The smallest absolute Gasteiger partial charge is 0.274 e. The third kappa shape index (κ3) is 11.0. The molecule has 1 saturated heterocycles. The summed E-state index contributed by atoms with van der Waals surface area (Å²) >= 11 is 1.32. The van der Waals surface area contributed by atoms with E-state index in [0.29, 0.717) is 65.0 Å². The maximum atomic E-state index is 14.0. The number of nitrogens with zero attached hydrogens (tertiary/aromatic N) is 3. The van der Waals surface area contributed by atoms with Crippen molar-refractivity contribution < 1.29 is 43.1 Å². The number of rotatable bonds is 20. The van der Waals surface area contributed by atoms with E-state index in [0.717, 1.165) is 79.5 Å². The predicted molar refractivity (Wildman–Crippen MR) is 262 cm³/mol. The normalized spacial score (nSPS) is 17.0. The molecule has 20 heteroatoms. The molecule has 8 rings (SSSR count). The fraction of sp³-hybridized carbons (Fsp3) is 0.420. The Morgan fingerprint density at radius 2 is 1.59 bits per heavy atom. The van der Waals surface area contributed by atoms with Crippen molar-refractivity contribution in [3.63, 3.8) is 0 Å². The SMILES string of the molecule is CSNc1cc(-c2cn(C)c(=O)c3[nH]c(C(=O)NCCNC(=O)CCN4C(=O)C=CC4=O)cc23)c(OC2CCCCC2)cc1C(=O)NCCCCCc1cccc2c1CN(C1CCC(=O)NC1=O)C2=O. The molecule has 0 radical (unpaired) electrons. The Morgan fingerprint density at radius 3 is 2.34 bits per heavy atom. The number of imide groups is 2. The van der Waals surface area contributed by atoms with Gasteiger partial charge in [0.2, 0.25) is 17.7 Å². The van der Waals surface area contributed by atoms with Crippen LogP contribution in [0.4, 0.5) is 5.69 Å². The molecule has 4 aliphatic rings. The van der Waals surface area contributed by atoms with Crippen molar-refractivity contribution in [2.24, 2.45) is 7.05 Å². The van der Waals surface area contributed by atoms with Gasteiger partial charge < -0.3 is 39.9 Å². The van der Waals surface area contributed by atoms with Gasteiger partial charge in [0.25, 0.3) is 35.1 Å². The summed E-state index contributed by atoms with van der Waals surface area (Å²) in [5.41, 5.74) is 4.64. The molecular formula is C50H57N9O10S. The second kappa shape index (κ2) is 22.0. The number of aromatic amines is 1. The maximum absolute atomic E-state index is 14.0. The standard InChI is InChI=1S/C50H57N9O10S/c1-57-27-36(33-25-38(54-45(33)50(57)68)47(65)53-22-21-51-41(60)19-23-58-43(62)17-18-44(58)63)32-24-37(56-70-2)34(26-40(32)69-30-12-6-3-7-13-30)46(64)52-20-8-4-5-10-29-11-9-14-31-35(29)28-59(49(31)67)39-15-16-42(61)55-48(39)66/h9,11,14,17-18,24-27,30,39,54,56H,3-8,10,12-13,15-16,19-23,28H2,1-2H3,(H,51,60)(H,52,64)(H,53,65)(H,55,61,66). The van der Waals surface area contributed by atoms with Gasteiger partial charge in [0.1, 0.15) is 23.0 Å². The van der Waals surface area contributed by atoms with Crippen molar-refractivity contribution in [3.8, 4) is 16.9 Å². The van der Waals surface area contributed by atoms with Gasteiger partial charge >= 0.3 is 0 Å². The van der Waals surface area contributed by atoms with Crippen molar-refractivity contribution >= 4 is 75.8 Å². The van der Waals surface area contributed by atoms with Crippen LogP contribution in [0.2, 0.25) is 0 Å². The van der Waals surface area contributed by atoms with Crippen LogP contribution in [-0.2, 0) is 44.0 Å². The molecule has 19 nitrogen and oxygen atoms in total. The zero-order valence-electron chi connectivity index (χ0n) is 39.2. The molecule has 3 aliphatic heterocycles. The highest BCUT2D eigenvalue weighted by Crippen LogP contribution is 2.41. The summed E-state index contributed by atoms with van der Waals surface area (Å²) in [5.74, 6) is -2.63. The number of benzene rings is 2. The van der Waals surface area contributed by atoms with Gasteiger partial charge in [-0.15, -0.1) is 0 Å². The Kier molecular flexibility index (Phi) is 15.5. The summed E-state index contributed by atoms with van der Waals surface area (Å²) in [6.45, 7) is 0.824. The van der Waals surface area contributed by atoms with Crippen molar-refractivity contribution in [1.29, 1.82) is 0 Å². The van der Waals surface area contributed by atoms with Crippen molar-refractivity contribution in [2.75, 3.05) is 37.2 Å². The van der Waals surface area contributed by atoms with E-state index in [1.54, 1.807) is 36.3 Å². The molecule has 4 aromatic rings. The zero-order valence-corrected chi connectivity index (χ0v) is 40.0. The first kappa shape index (κ1) is 49.2. The average molecular weight is 976 g/mol. The number of fused-ring (bicyclic) bond motifs is 2. The average Bonchev–Trinajstić information content (AvgIpc) is 4.04. The summed E-state index contributed by atoms with van der Waals surface area (Å²) in [6.07, 6.45) is 14.0. The molecule has 2 aromatic heterocycles. The van der Waals surface area contributed by atoms with E-state index in [1.807, 2.05) is 24.5 Å². The second-order valence-electron chi connectivity index (χ2n) is 17.9. The number of ether oxygens (including phenoxy) is 1. The van der Waals surface area contributed by atoms with E-state index < -0.39 is 35.6 Å². The Morgan fingerprint density at radius 1 is 0.829 bits per heavy atom. The molecule has 1 saturated carbocycles. The summed E-state index contributed by atoms with van der Waals surface area (Å²) in [4.78, 5) is 120. The molecule has 1 unspecified atom stereocenters. The number of amides is 8. The summed E-state index contributed by atoms with van der Waals surface area (Å²) < 4.78 is 11.4. The van der Waals surface area contributed by atoms with Gasteiger partial charge in [0.15, 0.2) is 0 Å². The molecule has 6 N–H and O–H groups in total. The van der Waals surface area contributed by atoms with Crippen molar-refractivity contribution in [1.82, 2.24) is 40.6 Å². The van der Waals surface area contributed by atoms with Crippen LogP contribution in [0, 0.1) is 0 Å². The fourth-order valence-corrected chi connectivity index (χ4v) is 9.92. The Bertz CT molecular complexity index is 2830. The molecule has 0 bridgehead atoms. The van der Waals surface area contributed by atoms with E-state index in [9.17, 15) is 43.2 Å². The first-order chi connectivity index (χ1) is 33.8. The molecule has 5 heterocycles. The molecule has 70 heavy (non-hydrogen) atoms. The first-order valence-electron chi connectivity index (χ1n) is 23.8. The Hall–Kier alpha value is -7.22. The number of anilines is 1. The number of unbranched alkanes of at least 4 members (excludes halogenated alkanes) is 2. The first-order valence-corrected chi connectivity index (χ1v) is 25.0. The second-order valence-corrected chi connectivity index (χ2v) is 18.5. The fourth-order valence-electron chi connectivity index (χ4n) is 9.53. The van der Waals surface area contributed by atoms with Crippen LogP contribution >= 0.6 is 11.9 Å². The highest BCUT2D eigenvalue weighted by Gasteiger charge is 2.40. The Balaban J connectivity index is 0.930. The van der Waals surface area contributed by atoms with E-state index in [1.165, 1.54) is 16.5 Å². The summed E-state index contributed by atoms with van der Waals surface area (Å²) in [5, 5.41) is 11.3. The summed E-state index contributed by atoms with van der Waals surface area (Å²) in [7, 11) is 1.62. The third-order valence-corrected chi connectivity index (χ3v) is 13.6. The lowest BCUT2D eigenvalue weighted by Gasteiger charge is -2.29. The van der Waals surface area contributed by atoms with Crippen LogP contribution in [0.5, 0.6) is 5.75 Å². The monoisotopic (exact) mass is 975 g/mol. The summed E-state index contributed by atoms with van der Waals surface area (Å²) in [6, 6.07) is 10.2. The minimum Gasteiger partial charge on any atom is -0.490 e. The van der Waals surface area contributed by atoms with Gasteiger partial charge in [-0.25, -0.2) is 0 Å². The highest BCUT2D eigenvalue weighted by atomic mass is 32.2. The molecule has 1 aliphatic carbocycles. The number of piperidine rings is 1. The largest absolute Gasteiger partial charge is 0.490 e. The van der Waals surface area contributed by atoms with Crippen LogP contribution in [0.15, 0.2) is 59.5 Å². The number of aryl methyl sites for hydroxylation is 2.